The zero-order valence-electron chi connectivity index (χ0n) is 5.48. The summed E-state index contributed by atoms with van der Waals surface area (Å²) in [5.41, 5.74) is 6.05. The highest BCUT2D eigenvalue weighted by Gasteiger charge is 2.08. The second kappa shape index (κ2) is 2.08. The third kappa shape index (κ3) is 0.841. The number of H-pyrrole nitrogens is 1. The van der Waals surface area contributed by atoms with E-state index in [-0.39, 0.29) is 0 Å². The molecular formula is C5H5N5O. The fraction of sp³-hybridized carbons (Fsp3) is 0. The van der Waals surface area contributed by atoms with Gasteiger partial charge in [0.25, 0.3) is 0 Å². The quantitative estimate of drug-likeness (QED) is 0.600. The Balaban J connectivity index is 2.53. The Kier molecular flexibility index (Phi) is 1.12. The summed E-state index contributed by atoms with van der Waals surface area (Å²) in [5, 5.41) is 3.58. The Bertz CT molecular complexity index is 337. The first-order valence-electron chi connectivity index (χ1n) is 2.93. The molecule has 0 unspecified atom stereocenters. The van der Waals surface area contributed by atoms with E-state index in [1.54, 1.807) is 0 Å². The van der Waals surface area contributed by atoms with Crippen LogP contribution in [0.5, 0.6) is 0 Å². The molecule has 0 aliphatic rings. The number of aromatic nitrogens is 4. The van der Waals surface area contributed by atoms with Crippen LogP contribution in [0, 0.1) is 0 Å². The van der Waals surface area contributed by atoms with Crippen molar-refractivity contribution in [1.29, 1.82) is 0 Å². The molecule has 0 saturated heterocycles. The lowest BCUT2D eigenvalue weighted by Gasteiger charge is -1.86. The molecule has 0 bridgehead atoms. The number of anilines is 1. The van der Waals surface area contributed by atoms with Crippen LogP contribution in [0.25, 0.3) is 11.5 Å². The van der Waals surface area contributed by atoms with Gasteiger partial charge in [-0.15, -0.1) is 0 Å². The van der Waals surface area contributed by atoms with E-state index in [1.165, 1.54) is 12.7 Å². The lowest BCUT2D eigenvalue weighted by molar-refractivity contribution is 0.418. The number of nitrogen functional groups attached to an aromatic ring is 1. The summed E-state index contributed by atoms with van der Waals surface area (Å²) in [4.78, 5) is 10.4. The summed E-state index contributed by atoms with van der Waals surface area (Å²) in [6, 6.07) is 0. The van der Waals surface area contributed by atoms with Crippen LogP contribution in [0.4, 0.5) is 5.82 Å². The Morgan fingerprint density at radius 1 is 1.45 bits per heavy atom. The van der Waals surface area contributed by atoms with E-state index in [4.69, 9.17) is 5.73 Å². The Labute approximate surface area is 61.4 Å². The van der Waals surface area contributed by atoms with Crippen molar-refractivity contribution in [3.63, 3.8) is 0 Å². The van der Waals surface area contributed by atoms with Crippen molar-refractivity contribution in [1.82, 2.24) is 20.1 Å². The molecule has 0 radical (unpaired) electrons. The van der Waals surface area contributed by atoms with E-state index in [9.17, 15) is 0 Å². The largest absolute Gasteiger partial charge is 0.382 e. The second-order valence-corrected chi connectivity index (χ2v) is 1.92. The van der Waals surface area contributed by atoms with Gasteiger partial charge in [0, 0.05) is 0 Å². The Morgan fingerprint density at radius 2 is 2.36 bits per heavy atom. The van der Waals surface area contributed by atoms with Crippen molar-refractivity contribution < 1.29 is 4.52 Å². The highest BCUT2D eigenvalue weighted by atomic mass is 16.5. The number of aromatic amines is 1. The van der Waals surface area contributed by atoms with E-state index in [0.29, 0.717) is 17.3 Å². The number of imidazole rings is 1. The van der Waals surface area contributed by atoms with Crippen LogP contribution in [0.2, 0.25) is 0 Å². The Hall–Kier alpha value is -1.85. The van der Waals surface area contributed by atoms with Gasteiger partial charge in [-0.2, -0.15) is 4.98 Å². The van der Waals surface area contributed by atoms with Gasteiger partial charge in [-0.25, -0.2) is 4.98 Å². The summed E-state index contributed by atoms with van der Waals surface area (Å²) < 4.78 is 4.53. The van der Waals surface area contributed by atoms with Crippen LogP contribution < -0.4 is 5.73 Å². The van der Waals surface area contributed by atoms with Crippen molar-refractivity contribution in [2.45, 2.75) is 0 Å². The maximum absolute atomic E-state index is 5.47. The van der Waals surface area contributed by atoms with Gasteiger partial charge >= 0.3 is 0 Å². The molecule has 0 saturated carbocycles. The molecule has 0 amide bonds. The van der Waals surface area contributed by atoms with Crippen LogP contribution in [-0.2, 0) is 0 Å². The molecule has 56 valence electrons. The second-order valence-electron chi connectivity index (χ2n) is 1.92. The van der Waals surface area contributed by atoms with Gasteiger partial charge in [0.15, 0.2) is 5.82 Å². The first-order chi connectivity index (χ1) is 5.38. The molecule has 3 N–H and O–H groups in total. The number of nitrogens with one attached hydrogen (secondary N) is 1. The van der Waals surface area contributed by atoms with E-state index < -0.39 is 0 Å². The SMILES string of the molecule is Nc1nc[nH]c1-c1ncon1. The fourth-order valence-electron chi connectivity index (χ4n) is 0.765. The zero-order chi connectivity index (χ0) is 7.68. The van der Waals surface area contributed by atoms with Crippen LogP contribution in [-0.4, -0.2) is 20.1 Å². The van der Waals surface area contributed by atoms with Gasteiger partial charge in [-0.1, -0.05) is 5.16 Å². The number of rotatable bonds is 1. The standard InChI is InChI=1S/C5H5N5O/c6-4-3(7-1-8-4)5-9-2-11-10-5/h1-2H,6H2,(H,7,8). The van der Waals surface area contributed by atoms with Crippen molar-refractivity contribution in [2.24, 2.45) is 0 Å². The van der Waals surface area contributed by atoms with Crippen LogP contribution in [0.1, 0.15) is 0 Å². The molecule has 0 spiro atoms. The summed E-state index contributed by atoms with van der Waals surface area (Å²) in [7, 11) is 0. The minimum Gasteiger partial charge on any atom is -0.382 e. The molecule has 6 nitrogen and oxygen atoms in total. The van der Waals surface area contributed by atoms with Crippen molar-refractivity contribution >= 4 is 5.82 Å². The number of nitrogens with two attached hydrogens (primary N) is 1. The number of nitrogens with zero attached hydrogens (tertiary/aromatic N) is 3. The third-order valence-corrected chi connectivity index (χ3v) is 1.25. The predicted octanol–water partition coefficient (Wildman–Crippen LogP) is 0.0419. The van der Waals surface area contributed by atoms with Gasteiger partial charge < -0.3 is 15.2 Å². The summed E-state index contributed by atoms with van der Waals surface area (Å²) in [6.45, 7) is 0. The molecule has 2 heterocycles. The first-order valence-corrected chi connectivity index (χ1v) is 2.93. The minimum atomic E-state index is 0.367. The molecule has 0 aromatic carbocycles. The Morgan fingerprint density at radius 3 is 2.91 bits per heavy atom. The van der Waals surface area contributed by atoms with E-state index in [1.807, 2.05) is 0 Å². The first kappa shape index (κ1) is 5.90. The number of hydrogen-bond donors (Lipinski definition) is 2. The van der Waals surface area contributed by atoms with Gasteiger partial charge in [0.2, 0.25) is 12.2 Å². The maximum atomic E-state index is 5.47. The molecule has 0 aliphatic carbocycles. The highest BCUT2D eigenvalue weighted by Crippen LogP contribution is 2.16. The highest BCUT2D eigenvalue weighted by molar-refractivity contribution is 5.62. The van der Waals surface area contributed by atoms with E-state index >= 15 is 0 Å². The van der Waals surface area contributed by atoms with Crippen LogP contribution in [0.3, 0.4) is 0 Å². The monoisotopic (exact) mass is 151 g/mol. The van der Waals surface area contributed by atoms with E-state index in [2.05, 4.69) is 24.6 Å². The smallest absolute Gasteiger partial charge is 0.222 e. The van der Waals surface area contributed by atoms with Crippen molar-refractivity contribution in [2.75, 3.05) is 5.73 Å². The number of hydrogen-bond acceptors (Lipinski definition) is 5. The molecule has 2 aromatic rings. The van der Waals surface area contributed by atoms with Crippen LogP contribution >= 0.6 is 0 Å². The molecular weight excluding hydrogens is 146 g/mol. The minimum absolute atomic E-state index is 0.367. The topological polar surface area (TPSA) is 93.6 Å². The zero-order valence-corrected chi connectivity index (χ0v) is 5.48. The van der Waals surface area contributed by atoms with Gasteiger partial charge in [-0.05, 0) is 0 Å². The van der Waals surface area contributed by atoms with Crippen molar-refractivity contribution in [3.05, 3.63) is 12.7 Å². The summed E-state index contributed by atoms with van der Waals surface area (Å²) in [5.74, 6) is 0.784. The van der Waals surface area contributed by atoms with Gasteiger partial charge in [-0.3, -0.25) is 0 Å². The van der Waals surface area contributed by atoms with Crippen molar-refractivity contribution in [3.8, 4) is 11.5 Å². The maximum Gasteiger partial charge on any atom is 0.222 e. The summed E-state index contributed by atoms with van der Waals surface area (Å²) in [6.07, 6.45) is 2.70. The lowest BCUT2D eigenvalue weighted by Crippen LogP contribution is -1.89. The summed E-state index contributed by atoms with van der Waals surface area (Å²) >= 11 is 0. The van der Waals surface area contributed by atoms with Gasteiger partial charge in [0.1, 0.15) is 5.69 Å². The lowest BCUT2D eigenvalue weighted by atomic mass is 10.4. The molecule has 0 atom stereocenters. The normalized spacial score (nSPS) is 10.2. The third-order valence-electron chi connectivity index (χ3n) is 1.25. The van der Waals surface area contributed by atoms with Crippen LogP contribution in [0.15, 0.2) is 17.2 Å². The fourth-order valence-corrected chi connectivity index (χ4v) is 0.765. The predicted molar refractivity (Wildman–Crippen MR) is 36.3 cm³/mol. The van der Waals surface area contributed by atoms with E-state index in [0.717, 1.165) is 0 Å². The molecule has 2 rings (SSSR count). The van der Waals surface area contributed by atoms with Gasteiger partial charge in [0.05, 0.1) is 6.33 Å². The molecule has 2 aromatic heterocycles. The molecule has 11 heavy (non-hydrogen) atoms. The molecule has 6 heteroatoms. The molecule has 0 fully saturated rings. The average Bonchev–Trinajstić information content (AvgIpc) is 2.55. The average molecular weight is 151 g/mol. The molecule has 0 aliphatic heterocycles.